The molecule has 5 heteroatoms. The average molecular weight is 412 g/mol. The maximum atomic E-state index is 13.4. The van der Waals surface area contributed by atoms with Crippen LogP contribution in [-0.2, 0) is 9.59 Å². The normalized spacial score (nSPS) is 13.7. The molecule has 0 atom stereocenters. The highest BCUT2D eigenvalue weighted by molar-refractivity contribution is 6.46. The SMILES string of the molecule is CCN(CC)c1ccc(N2C(=O)C(Nc3ccccc3)=C(c3ccccc3)C2=O)cc1. The molecule has 0 unspecified atom stereocenters. The second-order valence-corrected chi connectivity index (χ2v) is 7.24. The molecule has 5 nitrogen and oxygen atoms in total. The van der Waals surface area contributed by atoms with Crippen molar-refractivity contribution < 1.29 is 9.59 Å². The molecule has 2 amide bonds. The van der Waals surface area contributed by atoms with Gasteiger partial charge >= 0.3 is 0 Å². The summed E-state index contributed by atoms with van der Waals surface area (Å²) in [6.07, 6.45) is 0. The minimum absolute atomic E-state index is 0.287. The number of amides is 2. The number of rotatable bonds is 7. The van der Waals surface area contributed by atoms with Gasteiger partial charge in [-0.2, -0.15) is 0 Å². The van der Waals surface area contributed by atoms with E-state index >= 15 is 0 Å². The maximum Gasteiger partial charge on any atom is 0.282 e. The monoisotopic (exact) mass is 411 g/mol. The summed E-state index contributed by atoms with van der Waals surface area (Å²) >= 11 is 0. The quantitative estimate of drug-likeness (QED) is 0.560. The molecule has 3 aromatic rings. The van der Waals surface area contributed by atoms with Crippen molar-refractivity contribution in [3.8, 4) is 0 Å². The lowest BCUT2D eigenvalue weighted by Crippen LogP contribution is -2.32. The Kier molecular flexibility index (Phi) is 5.85. The van der Waals surface area contributed by atoms with E-state index in [4.69, 9.17) is 0 Å². The molecule has 0 bridgehead atoms. The number of benzene rings is 3. The summed E-state index contributed by atoms with van der Waals surface area (Å²) in [6, 6.07) is 26.3. The molecule has 0 spiro atoms. The molecule has 4 rings (SSSR count). The van der Waals surface area contributed by atoms with Crippen LogP contribution in [0.25, 0.3) is 5.57 Å². The molecule has 1 heterocycles. The van der Waals surface area contributed by atoms with Crippen LogP contribution in [0.4, 0.5) is 17.1 Å². The fourth-order valence-electron chi connectivity index (χ4n) is 3.82. The lowest BCUT2D eigenvalue weighted by molar-refractivity contribution is -0.120. The van der Waals surface area contributed by atoms with Crippen molar-refractivity contribution >= 4 is 34.4 Å². The summed E-state index contributed by atoms with van der Waals surface area (Å²) < 4.78 is 0. The van der Waals surface area contributed by atoms with Crippen LogP contribution in [0.5, 0.6) is 0 Å². The van der Waals surface area contributed by atoms with E-state index in [0.717, 1.165) is 24.5 Å². The number of para-hydroxylation sites is 1. The summed E-state index contributed by atoms with van der Waals surface area (Å²) in [6.45, 7) is 5.98. The topological polar surface area (TPSA) is 52.6 Å². The van der Waals surface area contributed by atoms with Crippen molar-refractivity contribution in [2.24, 2.45) is 0 Å². The van der Waals surface area contributed by atoms with E-state index in [2.05, 4.69) is 24.1 Å². The third-order valence-electron chi connectivity index (χ3n) is 5.43. The van der Waals surface area contributed by atoms with E-state index in [1.807, 2.05) is 84.9 Å². The predicted octanol–water partition coefficient (Wildman–Crippen LogP) is 4.93. The molecule has 31 heavy (non-hydrogen) atoms. The first kappa shape index (κ1) is 20.4. The van der Waals surface area contributed by atoms with E-state index in [9.17, 15) is 9.59 Å². The fraction of sp³-hybridized carbons (Fsp3) is 0.154. The summed E-state index contributed by atoms with van der Waals surface area (Å²) in [5.74, 6) is -0.687. The smallest absolute Gasteiger partial charge is 0.282 e. The molecule has 156 valence electrons. The van der Waals surface area contributed by atoms with Crippen molar-refractivity contribution in [1.82, 2.24) is 0 Å². The van der Waals surface area contributed by atoms with Crippen LogP contribution < -0.4 is 15.1 Å². The molecule has 0 saturated heterocycles. The zero-order valence-corrected chi connectivity index (χ0v) is 17.7. The number of imide groups is 1. The van der Waals surface area contributed by atoms with Crippen LogP contribution in [0.3, 0.4) is 0 Å². The van der Waals surface area contributed by atoms with Gasteiger partial charge in [0.05, 0.1) is 11.3 Å². The van der Waals surface area contributed by atoms with Gasteiger partial charge in [-0.05, 0) is 55.8 Å². The van der Waals surface area contributed by atoms with Crippen LogP contribution >= 0.6 is 0 Å². The first-order valence-corrected chi connectivity index (χ1v) is 10.5. The Hall–Kier alpha value is -3.86. The van der Waals surface area contributed by atoms with E-state index in [1.54, 1.807) is 0 Å². The number of hydrogen-bond acceptors (Lipinski definition) is 4. The highest BCUT2D eigenvalue weighted by Crippen LogP contribution is 2.34. The number of anilines is 3. The molecule has 1 aliphatic heterocycles. The van der Waals surface area contributed by atoms with E-state index in [-0.39, 0.29) is 17.5 Å². The molecule has 3 aromatic carbocycles. The Labute approximate surface area is 182 Å². The largest absolute Gasteiger partial charge is 0.372 e. The number of nitrogens with zero attached hydrogens (tertiary/aromatic N) is 2. The molecular formula is C26H25N3O2. The zero-order chi connectivity index (χ0) is 21.8. The Morgan fingerprint density at radius 1 is 0.742 bits per heavy atom. The Balaban J connectivity index is 1.73. The predicted molar refractivity (Wildman–Crippen MR) is 126 cm³/mol. The van der Waals surface area contributed by atoms with Crippen molar-refractivity contribution in [2.75, 3.05) is 28.2 Å². The van der Waals surface area contributed by atoms with Gasteiger partial charge in [0.2, 0.25) is 0 Å². The Morgan fingerprint density at radius 3 is 1.90 bits per heavy atom. The third kappa shape index (κ3) is 3.94. The van der Waals surface area contributed by atoms with Gasteiger partial charge in [-0.25, -0.2) is 4.90 Å². The molecule has 0 saturated carbocycles. The molecular weight excluding hydrogens is 386 g/mol. The molecule has 0 radical (unpaired) electrons. The summed E-state index contributed by atoms with van der Waals surface area (Å²) in [5, 5.41) is 3.18. The number of hydrogen-bond donors (Lipinski definition) is 1. The van der Waals surface area contributed by atoms with Crippen molar-refractivity contribution in [1.29, 1.82) is 0 Å². The number of carbonyl (C=O) groups is 2. The van der Waals surface area contributed by atoms with Gasteiger partial charge in [-0.15, -0.1) is 0 Å². The lowest BCUT2D eigenvalue weighted by Gasteiger charge is -2.22. The first-order valence-electron chi connectivity index (χ1n) is 10.5. The fourth-order valence-corrected chi connectivity index (χ4v) is 3.82. The van der Waals surface area contributed by atoms with Gasteiger partial charge < -0.3 is 10.2 Å². The van der Waals surface area contributed by atoms with E-state index in [1.165, 1.54) is 4.90 Å². The van der Waals surface area contributed by atoms with Gasteiger partial charge in [0.25, 0.3) is 11.8 Å². The lowest BCUT2D eigenvalue weighted by atomic mass is 10.0. The van der Waals surface area contributed by atoms with Gasteiger partial charge in [0.15, 0.2) is 0 Å². The third-order valence-corrected chi connectivity index (χ3v) is 5.43. The number of carbonyl (C=O) groups excluding carboxylic acids is 2. The van der Waals surface area contributed by atoms with E-state index < -0.39 is 0 Å². The van der Waals surface area contributed by atoms with Crippen molar-refractivity contribution in [3.63, 3.8) is 0 Å². The van der Waals surface area contributed by atoms with Crippen LogP contribution in [0.2, 0.25) is 0 Å². The zero-order valence-electron chi connectivity index (χ0n) is 17.7. The van der Waals surface area contributed by atoms with Gasteiger partial charge in [0.1, 0.15) is 5.70 Å². The molecule has 1 aliphatic rings. The molecule has 0 fully saturated rings. The minimum atomic E-state index is -0.358. The summed E-state index contributed by atoms with van der Waals surface area (Å²) in [4.78, 5) is 30.3. The van der Waals surface area contributed by atoms with Gasteiger partial charge in [0, 0.05) is 24.5 Å². The standard InChI is InChI=1S/C26H25N3O2/c1-3-28(4-2)21-15-17-22(18-16-21)29-25(30)23(19-11-7-5-8-12-19)24(26(29)31)27-20-13-9-6-10-14-20/h5-18,27H,3-4H2,1-2H3. The Morgan fingerprint density at radius 2 is 1.32 bits per heavy atom. The number of nitrogens with one attached hydrogen (secondary N) is 1. The van der Waals surface area contributed by atoms with E-state index in [0.29, 0.717) is 16.8 Å². The Bertz CT molecular complexity index is 1100. The average Bonchev–Trinajstić information content (AvgIpc) is 3.05. The summed E-state index contributed by atoms with van der Waals surface area (Å²) in [5.41, 5.74) is 3.75. The second kappa shape index (κ2) is 8.88. The highest BCUT2D eigenvalue weighted by Gasteiger charge is 2.40. The highest BCUT2D eigenvalue weighted by atomic mass is 16.2. The van der Waals surface area contributed by atoms with Gasteiger partial charge in [-0.3, -0.25) is 9.59 Å². The van der Waals surface area contributed by atoms with Crippen molar-refractivity contribution in [2.45, 2.75) is 13.8 Å². The van der Waals surface area contributed by atoms with Gasteiger partial charge in [-0.1, -0.05) is 48.5 Å². The maximum absolute atomic E-state index is 13.4. The second-order valence-electron chi connectivity index (χ2n) is 7.24. The molecule has 0 aromatic heterocycles. The first-order chi connectivity index (χ1) is 15.1. The minimum Gasteiger partial charge on any atom is -0.372 e. The van der Waals surface area contributed by atoms with Crippen LogP contribution in [-0.4, -0.2) is 24.9 Å². The molecule has 1 N–H and O–H groups in total. The van der Waals surface area contributed by atoms with Crippen LogP contribution in [0.1, 0.15) is 19.4 Å². The summed E-state index contributed by atoms with van der Waals surface area (Å²) in [7, 11) is 0. The van der Waals surface area contributed by atoms with Crippen LogP contribution in [0.15, 0.2) is 90.6 Å². The van der Waals surface area contributed by atoms with Crippen molar-refractivity contribution in [3.05, 3.63) is 96.2 Å². The molecule has 0 aliphatic carbocycles. The van der Waals surface area contributed by atoms with Crippen LogP contribution in [0, 0.1) is 0 Å².